The molecule has 0 amide bonds. The van der Waals surface area contributed by atoms with Crippen molar-refractivity contribution in [1.29, 1.82) is 0 Å². The Hall–Kier alpha value is -1.18. The Morgan fingerprint density at radius 2 is 2.24 bits per heavy atom. The summed E-state index contributed by atoms with van der Waals surface area (Å²) in [5.74, 6) is 5.65. The predicted octanol–water partition coefficient (Wildman–Crippen LogP) is 0.952. The number of hydrazine groups is 1. The van der Waals surface area contributed by atoms with Gasteiger partial charge < -0.3 is 0 Å². The lowest BCUT2D eigenvalue weighted by atomic mass is 10.1. The van der Waals surface area contributed by atoms with E-state index < -0.39 is 0 Å². The van der Waals surface area contributed by atoms with Crippen LogP contribution in [0.2, 0.25) is 0 Å². The molecule has 0 bridgehead atoms. The average Bonchev–Trinajstić information content (AvgIpc) is 2.89. The Kier molecular flexibility index (Phi) is 3.60. The lowest BCUT2D eigenvalue weighted by Crippen LogP contribution is -2.30. The van der Waals surface area contributed by atoms with E-state index in [2.05, 4.69) is 31.6 Å². The summed E-state index contributed by atoms with van der Waals surface area (Å²) >= 11 is 3.50. The maximum atomic E-state index is 5.65. The minimum absolute atomic E-state index is 0.125. The van der Waals surface area contributed by atoms with Crippen LogP contribution in [0.1, 0.15) is 24.2 Å². The zero-order chi connectivity index (χ0) is 12.4. The predicted molar refractivity (Wildman–Crippen MR) is 68.0 cm³/mol. The van der Waals surface area contributed by atoms with Crippen LogP contribution in [0.3, 0.4) is 0 Å². The van der Waals surface area contributed by atoms with Gasteiger partial charge in [0.1, 0.15) is 0 Å². The van der Waals surface area contributed by atoms with Gasteiger partial charge in [0.2, 0.25) is 0 Å². The maximum Gasteiger partial charge on any atom is 0.0920 e. The Morgan fingerprint density at radius 3 is 2.76 bits per heavy atom. The van der Waals surface area contributed by atoms with E-state index >= 15 is 0 Å². The van der Waals surface area contributed by atoms with E-state index in [1.165, 1.54) is 0 Å². The van der Waals surface area contributed by atoms with Crippen LogP contribution in [0.5, 0.6) is 0 Å². The van der Waals surface area contributed by atoms with Crippen molar-refractivity contribution in [3.8, 4) is 0 Å². The zero-order valence-electron chi connectivity index (χ0n) is 9.76. The number of aromatic nitrogens is 4. The lowest BCUT2D eigenvalue weighted by molar-refractivity contribution is 0.541. The summed E-state index contributed by atoms with van der Waals surface area (Å²) in [7, 11) is 1.88. The van der Waals surface area contributed by atoms with Crippen molar-refractivity contribution in [2.75, 3.05) is 0 Å². The topological polar surface area (TPSA) is 73.7 Å². The Balaban J connectivity index is 2.44. The molecule has 0 fully saturated rings. The first kappa shape index (κ1) is 12.3. The monoisotopic (exact) mass is 298 g/mol. The fourth-order valence-corrected chi connectivity index (χ4v) is 2.36. The van der Waals surface area contributed by atoms with E-state index in [0.717, 1.165) is 22.3 Å². The number of hydrogen-bond acceptors (Lipinski definition) is 4. The van der Waals surface area contributed by atoms with E-state index in [-0.39, 0.29) is 6.04 Å². The Morgan fingerprint density at radius 1 is 1.47 bits per heavy atom. The third kappa shape index (κ3) is 2.26. The second-order valence-electron chi connectivity index (χ2n) is 3.74. The molecule has 0 aliphatic carbocycles. The van der Waals surface area contributed by atoms with Gasteiger partial charge in [-0.05, 0) is 22.9 Å². The highest BCUT2D eigenvalue weighted by molar-refractivity contribution is 9.10. The first-order chi connectivity index (χ1) is 8.17. The van der Waals surface area contributed by atoms with Gasteiger partial charge in [-0.25, -0.2) is 5.43 Å². The molecule has 1 atom stereocenters. The van der Waals surface area contributed by atoms with Crippen molar-refractivity contribution in [3.63, 3.8) is 0 Å². The summed E-state index contributed by atoms with van der Waals surface area (Å²) in [6.45, 7) is 2.83. The average molecular weight is 299 g/mol. The van der Waals surface area contributed by atoms with Crippen LogP contribution in [0.15, 0.2) is 23.1 Å². The third-order valence-corrected chi connectivity index (χ3v) is 3.24. The van der Waals surface area contributed by atoms with E-state index in [1.54, 1.807) is 17.1 Å². The molecule has 2 aromatic rings. The first-order valence-corrected chi connectivity index (χ1v) is 6.12. The van der Waals surface area contributed by atoms with Gasteiger partial charge in [0.25, 0.3) is 0 Å². The van der Waals surface area contributed by atoms with Gasteiger partial charge in [0.05, 0.1) is 28.6 Å². The number of rotatable bonds is 4. The van der Waals surface area contributed by atoms with Crippen LogP contribution in [0.4, 0.5) is 0 Å². The molecule has 0 saturated carbocycles. The minimum Gasteiger partial charge on any atom is -0.275 e. The summed E-state index contributed by atoms with van der Waals surface area (Å²) in [6, 6.07) is -0.125. The number of aryl methyl sites for hydroxylation is 2. The maximum absolute atomic E-state index is 5.65. The second kappa shape index (κ2) is 4.99. The van der Waals surface area contributed by atoms with Gasteiger partial charge in [-0.1, -0.05) is 0 Å². The molecule has 1 unspecified atom stereocenters. The molecule has 0 radical (unpaired) electrons. The summed E-state index contributed by atoms with van der Waals surface area (Å²) in [5, 5.41) is 8.44. The fraction of sp³-hybridized carbons (Fsp3) is 0.400. The highest BCUT2D eigenvalue weighted by Crippen LogP contribution is 2.27. The largest absolute Gasteiger partial charge is 0.275 e. The molecule has 6 nitrogen and oxygen atoms in total. The number of nitrogens with one attached hydrogen (secondary N) is 1. The van der Waals surface area contributed by atoms with Gasteiger partial charge in [0, 0.05) is 25.4 Å². The summed E-state index contributed by atoms with van der Waals surface area (Å²) in [6.07, 6.45) is 5.51. The summed E-state index contributed by atoms with van der Waals surface area (Å²) in [5.41, 5.74) is 4.81. The van der Waals surface area contributed by atoms with Crippen LogP contribution >= 0.6 is 15.9 Å². The number of hydrogen-bond donors (Lipinski definition) is 2. The molecule has 7 heteroatoms. The van der Waals surface area contributed by atoms with Crippen LogP contribution in [0, 0.1) is 0 Å². The van der Waals surface area contributed by atoms with E-state index in [1.807, 2.05) is 24.9 Å². The molecule has 0 aliphatic heterocycles. The summed E-state index contributed by atoms with van der Waals surface area (Å²) in [4.78, 5) is 0. The van der Waals surface area contributed by atoms with E-state index in [9.17, 15) is 0 Å². The third-order valence-electron chi connectivity index (χ3n) is 2.63. The SMILES string of the molecule is CCn1ncc(Br)c1C(NN)c1cnn(C)c1. The number of nitrogens with zero attached hydrogens (tertiary/aromatic N) is 4. The fourth-order valence-electron chi connectivity index (χ4n) is 1.83. The Labute approximate surface area is 108 Å². The van der Waals surface area contributed by atoms with Crippen molar-refractivity contribution in [2.45, 2.75) is 19.5 Å². The van der Waals surface area contributed by atoms with Gasteiger partial charge in [-0.15, -0.1) is 0 Å². The first-order valence-electron chi connectivity index (χ1n) is 5.33. The molecule has 2 heterocycles. The lowest BCUT2D eigenvalue weighted by Gasteiger charge is -2.16. The Bertz CT molecular complexity index is 503. The molecule has 17 heavy (non-hydrogen) atoms. The van der Waals surface area contributed by atoms with Gasteiger partial charge in [0.15, 0.2) is 0 Å². The summed E-state index contributed by atoms with van der Waals surface area (Å²) < 4.78 is 4.59. The van der Waals surface area contributed by atoms with Gasteiger partial charge >= 0.3 is 0 Å². The standard InChI is InChI=1S/C10H15BrN6/c1-3-17-10(8(11)5-14-17)9(15-12)7-4-13-16(2)6-7/h4-6,9,15H,3,12H2,1-2H3. The number of halogens is 1. The smallest absolute Gasteiger partial charge is 0.0920 e. The normalized spacial score (nSPS) is 12.9. The molecule has 0 aliphatic rings. The molecule has 0 aromatic carbocycles. The number of nitrogens with two attached hydrogens (primary N) is 1. The molecular formula is C10H15BrN6. The quantitative estimate of drug-likeness (QED) is 0.651. The van der Waals surface area contributed by atoms with E-state index in [4.69, 9.17) is 5.84 Å². The van der Waals surface area contributed by atoms with Crippen molar-refractivity contribution >= 4 is 15.9 Å². The molecule has 0 saturated heterocycles. The molecule has 0 spiro atoms. The molecule has 2 rings (SSSR count). The minimum atomic E-state index is -0.125. The van der Waals surface area contributed by atoms with Crippen LogP contribution in [-0.2, 0) is 13.6 Å². The van der Waals surface area contributed by atoms with Crippen molar-refractivity contribution < 1.29 is 0 Å². The second-order valence-corrected chi connectivity index (χ2v) is 4.59. The van der Waals surface area contributed by atoms with Crippen LogP contribution < -0.4 is 11.3 Å². The molecular weight excluding hydrogens is 284 g/mol. The van der Waals surface area contributed by atoms with Crippen LogP contribution in [0.25, 0.3) is 0 Å². The van der Waals surface area contributed by atoms with Gasteiger partial charge in [-0.2, -0.15) is 10.2 Å². The zero-order valence-corrected chi connectivity index (χ0v) is 11.3. The van der Waals surface area contributed by atoms with Gasteiger partial charge in [-0.3, -0.25) is 15.2 Å². The van der Waals surface area contributed by atoms with Crippen molar-refractivity contribution in [3.05, 3.63) is 34.3 Å². The molecule has 2 aromatic heterocycles. The highest BCUT2D eigenvalue weighted by Gasteiger charge is 2.21. The highest BCUT2D eigenvalue weighted by atomic mass is 79.9. The van der Waals surface area contributed by atoms with E-state index in [0.29, 0.717) is 0 Å². The molecule has 92 valence electrons. The van der Waals surface area contributed by atoms with Crippen molar-refractivity contribution in [1.82, 2.24) is 25.0 Å². The van der Waals surface area contributed by atoms with Crippen molar-refractivity contribution in [2.24, 2.45) is 12.9 Å². The van der Waals surface area contributed by atoms with Crippen LogP contribution in [-0.4, -0.2) is 19.6 Å². The molecule has 3 N–H and O–H groups in total.